The number of carboxylic acids is 1. The number of halogens is 2. The van der Waals surface area contributed by atoms with Gasteiger partial charge in [0.05, 0.1) is 15.2 Å². The minimum absolute atomic E-state index is 0.0373. The standard InChI is InChI=1S/C23H27F2N3O5Si/c1-33-15-5-6-16-13(9-15)7-8-28(23(32)26-12-19(29)30)20(16)22(31)27-14-10-17(24)21(18(25)11-14)34(2,3)4/h5-6,9-11,20H,7-8,12H2,1-4H3,(H,26,32)(H,27,31)(H,29,30)/t20-/m1/s1. The number of nitrogens with zero attached hydrogens (tertiary/aromatic N) is 1. The number of nitrogens with one attached hydrogen (secondary N) is 2. The third-order valence-corrected chi connectivity index (χ3v) is 7.52. The summed E-state index contributed by atoms with van der Waals surface area (Å²) in [5.74, 6) is -2.81. The van der Waals surface area contributed by atoms with E-state index in [0.29, 0.717) is 17.7 Å². The van der Waals surface area contributed by atoms with Crippen molar-refractivity contribution >= 4 is 36.9 Å². The van der Waals surface area contributed by atoms with E-state index in [1.54, 1.807) is 18.2 Å². The number of anilines is 1. The van der Waals surface area contributed by atoms with E-state index in [4.69, 9.17) is 9.84 Å². The Hall–Kier alpha value is -3.47. The summed E-state index contributed by atoms with van der Waals surface area (Å²) in [6.45, 7) is 4.95. The molecule has 0 aliphatic carbocycles. The maximum Gasteiger partial charge on any atom is 0.323 e. The molecule has 0 spiro atoms. The first-order valence-electron chi connectivity index (χ1n) is 10.7. The van der Waals surface area contributed by atoms with Crippen LogP contribution in [0, 0.1) is 11.6 Å². The highest BCUT2D eigenvalue weighted by atomic mass is 28.3. The number of benzene rings is 2. The van der Waals surface area contributed by atoms with E-state index in [0.717, 1.165) is 17.7 Å². The van der Waals surface area contributed by atoms with Gasteiger partial charge < -0.3 is 25.4 Å². The van der Waals surface area contributed by atoms with Gasteiger partial charge in [-0.3, -0.25) is 9.59 Å². The molecular formula is C23H27F2N3O5Si. The molecule has 182 valence electrons. The zero-order valence-corrected chi connectivity index (χ0v) is 20.4. The van der Waals surface area contributed by atoms with E-state index in [9.17, 15) is 23.2 Å². The number of amides is 3. The van der Waals surface area contributed by atoms with E-state index in [2.05, 4.69) is 10.6 Å². The molecule has 1 aliphatic rings. The normalized spacial score (nSPS) is 15.4. The minimum Gasteiger partial charge on any atom is -0.497 e. The molecule has 0 unspecified atom stereocenters. The summed E-state index contributed by atoms with van der Waals surface area (Å²) >= 11 is 0. The summed E-state index contributed by atoms with van der Waals surface area (Å²) in [4.78, 5) is 38.1. The van der Waals surface area contributed by atoms with E-state index < -0.39 is 50.2 Å². The van der Waals surface area contributed by atoms with E-state index in [-0.39, 0.29) is 17.4 Å². The highest BCUT2D eigenvalue weighted by Crippen LogP contribution is 2.33. The van der Waals surface area contributed by atoms with Crippen molar-refractivity contribution in [3.63, 3.8) is 0 Å². The van der Waals surface area contributed by atoms with Crippen molar-refractivity contribution in [2.45, 2.75) is 32.1 Å². The first kappa shape index (κ1) is 25.2. The fourth-order valence-electron chi connectivity index (χ4n) is 4.06. The maximum absolute atomic E-state index is 14.7. The Kier molecular flexibility index (Phi) is 7.25. The van der Waals surface area contributed by atoms with Gasteiger partial charge in [-0.2, -0.15) is 0 Å². The highest BCUT2D eigenvalue weighted by molar-refractivity contribution is 6.88. The molecule has 0 saturated heterocycles. The lowest BCUT2D eigenvalue weighted by Gasteiger charge is -2.36. The Bertz CT molecular complexity index is 1110. The Morgan fingerprint density at radius 3 is 2.35 bits per heavy atom. The van der Waals surface area contributed by atoms with Gasteiger partial charge in [0.15, 0.2) is 0 Å². The average Bonchev–Trinajstić information content (AvgIpc) is 2.74. The zero-order chi connectivity index (χ0) is 25.2. The van der Waals surface area contributed by atoms with Crippen LogP contribution in [-0.2, 0) is 16.0 Å². The second kappa shape index (κ2) is 9.80. The molecular weight excluding hydrogens is 464 g/mol. The van der Waals surface area contributed by atoms with Crippen molar-refractivity contribution in [2.75, 3.05) is 25.5 Å². The number of ether oxygens (including phenoxy) is 1. The third kappa shape index (κ3) is 5.36. The monoisotopic (exact) mass is 491 g/mol. The van der Waals surface area contributed by atoms with Crippen molar-refractivity contribution in [1.29, 1.82) is 0 Å². The average molecular weight is 492 g/mol. The van der Waals surface area contributed by atoms with Crippen molar-refractivity contribution in [3.8, 4) is 5.75 Å². The summed E-state index contributed by atoms with van der Waals surface area (Å²) in [6.07, 6.45) is 0.408. The molecule has 0 fully saturated rings. The molecule has 3 amide bonds. The van der Waals surface area contributed by atoms with Gasteiger partial charge in [-0.15, -0.1) is 0 Å². The molecule has 2 aromatic carbocycles. The fraction of sp³-hybridized carbons (Fsp3) is 0.348. The van der Waals surface area contributed by atoms with Crippen LogP contribution in [0.3, 0.4) is 0 Å². The van der Waals surface area contributed by atoms with Crippen molar-refractivity contribution in [1.82, 2.24) is 10.2 Å². The molecule has 0 radical (unpaired) electrons. The van der Waals surface area contributed by atoms with Crippen LogP contribution in [0.5, 0.6) is 5.75 Å². The van der Waals surface area contributed by atoms with Crippen LogP contribution >= 0.6 is 0 Å². The summed E-state index contributed by atoms with van der Waals surface area (Å²) < 4.78 is 34.6. The Morgan fingerprint density at radius 2 is 1.79 bits per heavy atom. The fourth-order valence-corrected chi connectivity index (χ4v) is 5.63. The molecule has 3 rings (SSSR count). The number of aliphatic carboxylic acids is 1. The number of hydrogen-bond donors (Lipinski definition) is 3. The van der Waals surface area contributed by atoms with E-state index in [1.807, 2.05) is 19.6 Å². The van der Waals surface area contributed by atoms with Crippen LogP contribution in [0.4, 0.5) is 19.3 Å². The molecule has 34 heavy (non-hydrogen) atoms. The van der Waals surface area contributed by atoms with Gasteiger partial charge in [-0.1, -0.05) is 25.7 Å². The predicted octanol–water partition coefficient (Wildman–Crippen LogP) is 2.85. The number of rotatable bonds is 6. The van der Waals surface area contributed by atoms with Crippen molar-refractivity contribution in [3.05, 3.63) is 53.1 Å². The van der Waals surface area contributed by atoms with Gasteiger partial charge in [-0.05, 0) is 41.8 Å². The molecule has 3 N–H and O–H groups in total. The summed E-state index contributed by atoms with van der Waals surface area (Å²) in [5, 5.41) is 13.7. The number of urea groups is 1. The second-order valence-electron chi connectivity index (χ2n) is 9.02. The molecule has 2 aromatic rings. The molecule has 1 atom stereocenters. The number of carboxylic acid groups (broad SMARTS) is 1. The quantitative estimate of drug-likeness (QED) is 0.539. The molecule has 11 heteroatoms. The summed E-state index contributed by atoms with van der Waals surface area (Å²) in [7, 11) is -0.795. The Balaban J connectivity index is 1.96. The molecule has 0 bridgehead atoms. The lowest BCUT2D eigenvalue weighted by atomic mass is 9.91. The maximum atomic E-state index is 14.7. The van der Waals surface area contributed by atoms with E-state index in [1.165, 1.54) is 12.0 Å². The Morgan fingerprint density at radius 1 is 1.15 bits per heavy atom. The van der Waals surface area contributed by atoms with Crippen LogP contribution < -0.4 is 20.6 Å². The lowest BCUT2D eigenvalue weighted by molar-refractivity contribution is -0.135. The van der Waals surface area contributed by atoms with E-state index >= 15 is 0 Å². The molecule has 1 heterocycles. The first-order chi connectivity index (χ1) is 15.9. The van der Waals surface area contributed by atoms with Crippen LogP contribution in [-0.4, -0.2) is 56.2 Å². The SMILES string of the molecule is COc1ccc2c(c1)CCN(C(=O)NCC(=O)O)[C@H]2C(=O)Nc1cc(F)c([Si](C)(C)C)c(F)c1. The molecule has 0 aromatic heterocycles. The van der Waals surface area contributed by atoms with Crippen LogP contribution in [0.15, 0.2) is 30.3 Å². The lowest BCUT2D eigenvalue weighted by Crippen LogP contribution is -2.50. The van der Waals surface area contributed by atoms with Gasteiger partial charge >= 0.3 is 12.0 Å². The third-order valence-electron chi connectivity index (χ3n) is 5.54. The first-order valence-corrected chi connectivity index (χ1v) is 14.2. The summed E-state index contributed by atoms with van der Waals surface area (Å²) in [6, 6.07) is 5.29. The number of fused-ring (bicyclic) bond motifs is 1. The molecule has 0 saturated carbocycles. The highest BCUT2D eigenvalue weighted by Gasteiger charge is 2.37. The van der Waals surface area contributed by atoms with Crippen LogP contribution in [0.25, 0.3) is 0 Å². The van der Waals surface area contributed by atoms with Gasteiger partial charge in [0, 0.05) is 17.4 Å². The number of carbonyl (C=O) groups excluding carboxylic acids is 2. The van der Waals surface area contributed by atoms with Crippen LogP contribution in [0.1, 0.15) is 17.2 Å². The van der Waals surface area contributed by atoms with Crippen molar-refractivity contribution < 1.29 is 33.0 Å². The van der Waals surface area contributed by atoms with Crippen molar-refractivity contribution in [2.24, 2.45) is 0 Å². The van der Waals surface area contributed by atoms with Gasteiger partial charge in [-0.25, -0.2) is 13.6 Å². The van der Waals surface area contributed by atoms with Gasteiger partial charge in [0.2, 0.25) is 0 Å². The number of carbonyl (C=O) groups is 3. The number of hydrogen-bond acceptors (Lipinski definition) is 4. The predicted molar refractivity (Wildman–Crippen MR) is 125 cm³/mol. The smallest absolute Gasteiger partial charge is 0.323 e. The second-order valence-corrected chi connectivity index (χ2v) is 14.0. The van der Waals surface area contributed by atoms with Gasteiger partial charge in [0.1, 0.15) is 30.0 Å². The molecule has 1 aliphatic heterocycles. The largest absolute Gasteiger partial charge is 0.497 e. The Labute approximate surface area is 196 Å². The zero-order valence-electron chi connectivity index (χ0n) is 19.4. The minimum atomic E-state index is -2.30. The van der Waals surface area contributed by atoms with Crippen LogP contribution in [0.2, 0.25) is 19.6 Å². The number of methoxy groups -OCH3 is 1. The molecule has 8 nitrogen and oxygen atoms in total. The topological polar surface area (TPSA) is 108 Å². The van der Waals surface area contributed by atoms with Gasteiger partial charge in [0.25, 0.3) is 5.91 Å². The summed E-state index contributed by atoms with van der Waals surface area (Å²) in [5.41, 5.74) is 1.21.